The van der Waals surface area contributed by atoms with Gasteiger partial charge in [-0.3, -0.25) is 9.59 Å². The van der Waals surface area contributed by atoms with E-state index in [1.807, 2.05) is 0 Å². The maximum Gasteiger partial charge on any atom is 0.309 e. The van der Waals surface area contributed by atoms with Gasteiger partial charge in [0.15, 0.2) is 6.10 Å². The van der Waals surface area contributed by atoms with Crippen molar-refractivity contribution < 1.29 is 23.5 Å². The van der Waals surface area contributed by atoms with Gasteiger partial charge in [-0.25, -0.2) is 0 Å². The van der Waals surface area contributed by atoms with Crippen molar-refractivity contribution in [2.24, 2.45) is 0 Å². The molecule has 0 rings (SSSR count). The van der Waals surface area contributed by atoms with Crippen molar-refractivity contribution in [1.82, 2.24) is 0 Å². The van der Waals surface area contributed by atoms with Crippen molar-refractivity contribution >= 4 is 11.9 Å². The smallest absolute Gasteiger partial charge is 0.309 e. The lowest BCUT2D eigenvalue weighted by atomic mass is 10.0. The highest BCUT2D eigenvalue weighted by molar-refractivity contribution is 5.72. The van der Waals surface area contributed by atoms with Crippen LogP contribution in [0.25, 0.3) is 0 Å². The number of nitrogens with zero attached hydrogens (tertiary/aromatic N) is 1. The van der Waals surface area contributed by atoms with E-state index >= 15 is 0 Å². The first-order valence-electron chi connectivity index (χ1n) is 16.4. The number of hydrogen-bond donors (Lipinski definition) is 0. The molecule has 5 heteroatoms. The average Bonchev–Trinajstić information content (AvgIpc) is 2.84. The van der Waals surface area contributed by atoms with Crippen LogP contribution in [0.15, 0.2) is 0 Å². The van der Waals surface area contributed by atoms with Gasteiger partial charge in [0.2, 0.25) is 0 Å². The summed E-state index contributed by atoms with van der Waals surface area (Å²) >= 11 is 0. The van der Waals surface area contributed by atoms with E-state index in [1.54, 1.807) is 0 Å². The van der Waals surface area contributed by atoms with Crippen LogP contribution in [0.3, 0.4) is 0 Å². The first kappa shape index (κ1) is 36.9. The molecule has 0 heterocycles. The van der Waals surface area contributed by atoms with Gasteiger partial charge in [-0.2, -0.15) is 0 Å². The minimum absolute atomic E-state index is 0.150. The predicted octanol–water partition coefficient (Wildman–Crippen LogP) is 9.16. The van der Waals surface area contributed by atoms with Crippen molar-refractivity contribution in [3.63, 3.8) is 0 Å². The number of ether oxygens (including phenoxy) is 2. The highest BCUT2D eigenvalue weighted by Gasteiger charge is 2.25. The Hall–Kier alpha value is -1.10. The quantitative estimate of drug-likeness (QED) is 0.0564. The van der Waals surface area contributed by atoms with E-state index in [4.69, 9.17) is 9.47 Å². The van der Waals surface area contributed by atoms with E-state index in [0.717, 1.165) is 25.7 Å². The van der Waals surface area contributed by atoms with E-state index < -0.39 is 6.10 Å². The summed E-state index contributed by atoms with van der Waals surface area (Å²) < 4.78 is 11.9. The third-order valence-corrected chi connectivity index (χ3v) is 7.19. The highest BCUT2D eigenvalue weighted by Crippen LogP contribution is 2.14. The Balaban J connectivity index is 3.95. The Bertz CT molecular complexity index is 544. The van der Waals surface area contributed by atoms with Crippen LogP contribution in [0.1, 0.15) is 162 Å². The number of unbranched alkanes of at least 4 members (excludes halogenated alkanes) is 19. The Morgan fingerprint density at radius 3 is 1.37 bits per heavy atom. The van der Waals surface area contributed by atoms with Crippen LogP contribution in [0.4, 0.5) is 0 Å². The molecule has 0 saturated heterocycles. The second-order valence-corrected chi connectivity index (χ2v) is 12.5. The molecular weight excluding hydrogens is 474 g/mol. The zero-order valence-electron chi connectivity index (χ0n) is 26.3. The zero-order chi connectivity index (χ0) is 28.3. The van der Waals surface area contributed by atoms with Gasteiger partial charge in [-0.05, 0) is 12.8 Å². The van der Waals surface area contributed by atoms with Crippen molar-refractivity contribution in [2.45, 2.75) is 168 Å². The minimum Gasteiger partial charge on any atom is -0.466 e. The molecule has 226 valence electrons. The molecule has 38 heavy (non-hydrogen) atoms. The van der Waals surface area contributed by atoms with Crippen LogP contribution in [0, 0.1) is 0 Å². The second-order valence-electron chi connectivity index (χ2n) is 12.5. The minimum atomic E-state index is -0.421. The van der Waals surface area contributed by atoms with E-state index in [2.05, 4.69) is 35.0 Å². The molecule has 0 spiro atoms. The van der Waals surface area contributed by atoms with Crippen molar-refractivity contribution in [2.75, 3.05) is 34.3 Å². The molecule has 0 amide bonds. The van der Waals surface area contributed by atoms with Crippen LogP contribution < -0.4 is 0 Å². The monoisotopic (exact) mass is 540 g/mol. The fourth-order valence-corrected chi connectivity index (χ4v) is 4.95. The van der Waals surface area contributed by atoms with Gasteiger partial charge in [0.1, 0.15) is 6.54 Å². The number of esters is 2. The maximum atomic E-state index is 12.5. The summed E-state index contributed by atoms with van der Waals surface area (Å²) in [6.45, 7) is 5.59. The van der Waals surface area contributed by atoms with Crippen LogP contribution in [-0.4, -0.2) is 56.8 Å². The fourth-order valence-electron chi connectivity index (χ4n) is 4.95. The van der Waals surface area contributed by atoms with Crippen LogP contribution >= 0.6 is 0 Å². The first-order chi connectivity index (χ1) is 18.3. The van der Waals surface area contributed by atoms with Gasteiger partial charge < -0.3 is 14.0 Å². The molecule has 0 aromatic carbocycles. The number of carbonyl (C=O) groups is 2. The molecule has 0 aliphatic carbocycles. The molecular formula is C33H66NO4+. The number of hydrogen-bond acceptors (Lipinski definition) is 4. The molecule has 0 saturated carbocycles. The molecule has 0 bridgehead atoms. The molecule has 5 nitrogen and oxygen atoms in total. The second kappa shape index (κ2) is 26.1. The van der Waals surface area contributed by atoms with E-state index in [9.17, 15) is 9.59 Å². The first-order valence-corrected chi connectivity index (χ1v) is 16.4. The number of quaternary nitrogens is 1. The Morgan fingerprint density at radius 1 is 0.553 bits per heavy atom. The van der Waals surface area contributed by atoms with Crippen LogP contribution in [0.2, 0.25) is 0 Å². The van der Waals surface area contributed by atoms with E-state index in [1.165, 1.54) is 109 Å². The molecule has 0 fully saturated rings. The summed E-state index contributed by atoms with van der Waals surface area (Å²) in [5, 5.41) is 0. The summed E-state index contributed by atoms with van der Waals surface area (Å²) in [7, 11) is 6.17. The van der Waals surface area contributed by atoms with Gasteiger partial charge in [-0.15, -0.1) is 0 Å². The summed E-state index contributed by atoms with van der Waals surface area (Å²) in [5.41, 5.74) is 0. The number of carbonyl (C=O) groups excluding carboxylic acids is 2. The SMILES string of the molecule is CCCCCCCCCCCCCCC(=O)OC(CC(=O)OCCCCCCCCCCC)C[N+](C)(C)C. The Morgan fingerprint density at radius 2 is 0.947 bits per heavy atom. The predicted molar refractivity (Wildman–Crippen MR) is 161 cm³/mol. The number of likely N-dealkylation sites (N-methyl/N-ethyl adjacent to an activating group) is 1. The molecule has 0 aliphatic heterocycles. The lowest BCUT2D eigenvalue weighted by molar-refractivity contribution is -0.873. The Labute approximate surface area is 237 Å². The van der Waals surface area contributed by atoms with Crippen molar-refractivity contribution in [3.05, 3.63) is 0 Å². The lowest BCUT2D eigenvalue weighted by Gasteiger charge is -2.28. The number of rotatable bonds is 28. The molecule has 0 aromatic heterocycles. The lowest BCUT2D eigenvalue weighted by Crippen LogP contribution is -2.44. The van der Waals surface area contributed by atoms with Gasteiger partial charge in [0.05, 0.1) is 34.2 Å². The topological polar surface area (TPSA) is 52.6 Å². The normalized spacial score (nSPS) is 12.4. The van der Waals surface area contributed by atoms with Crippen molar-refractivity contribution in [3.8, 4) is 0 Å². The van der Waals surface area contributed by atoms with Gasteiger partial charge >= 0.3 is 11.9 Å². The van der Waals surface area contributed by atoms with E-state index in [-0.39, 0.29) is 18.4 Å². The third-order valence-electron chi connectivity index (χ3n) is 7.19. The molecule has 1 atom stereocenters. The summed E-state index contributed by atoms with van der Waals surface area (Å²) in [4.78, 5) is 24.9. The summed E-state index contributed by atoms with van der Waals surface area (Å²) in [6.07, 6.45) is 26.6. The van der Waals surface area contributed by atoms with Crippen LogP contribution in [0.5, 0.6) is 0 Å². The fraction of sp³-hybridized carbons (Fsp3) is 0.939. The summed E-state index contributed by atoms with van der Waals surface area (Å²) in [5.74, 6) is -0.427. The molecule has 0 aliphatic rings. The van der Waals surface area contributed by atoms with Crippen molar-refractivity contribution in [1.29, 1.82) is 0 Å². The third kappa shape index (κ3) is 27.9. The van der Waals surface area contributed by atoms with Crippen LogP contribution in [-0.2, 0) is 19.1 Å². The standard InChI is InChI=1S/C33H66NO4/c1-6-8-10-12-14-16-17-18-19-21-23-25-27-32(35)38-31(30-34(3,4)5)29-33(36)37-28-26-24-22-20-15-13-11-9-7-2/h31H,6-30H2,1-5H3/q+1. The zero-order valence-corrected chi connectivity index (χ0v) is 26.3. The van der Waals surface area contributed by atoms with Gasteiger partial charge in [0, 0.05) is 6.42 Å². The molecule has 1 unspecified atom stereocenters. The Kier molecular flexibility index (Phi) is 25.4. The maximum absolute atomic E-state index is 12.5. The molecule has 0 aromatic rings. The average molecular weight is 541 g/mol. The van der Waals surface area contributed by atoms with E-state index in [0.29, 0.717) is 24.1 Å². The largest absolute Gasteiger partial charge is 0.466 e. The van der Waals surface area contributed by atoms with Gasteiger partial charge in [-0.1, -0.05) is 136 Å². The van der Waals surface area contributed by atoms with Gasteiger partial charge in [0.25, 0.3) is 0 Å². The summed E-state index contributed by atoms with van der Waals surface area (Å²) in [6, 6.07) is 0. The molecule has 0 N–H and O–H groups in total. The molecule has 0 radical (unpaired) electrons. The highest BCUT2D eigenvalue weighted by atomic mass is 16.6.